The summed E-state index contributed by atoms with van der Waals surface area (Å²) in [6.45, 7) is 0.262. The summed E-state index contributed by atoms with van der Waals surface area (Å²) in [7, 11) is 0. The zero-order chi connectivity index (χ0) is 8.81. The van der Waals surface area contributed by atoms with Gasteiger partial charge in [-0.25, -0.2) is 0 Å². The van der Waals surface area contributed by atoms with Gasteiger partial charge < -0.3 is 5.11 Å². The number of nitrogens with zero attached hydrogens (tertiary/aromatic N) is 1. The molecule has 1 N–H and O–H groups in total. The van der Waals surface area contributed by atoms with Crippen LogP contribution in [-0.2, 0) is 6.42 Å². The fraction of sp³-hybridized carbons (Fsp3) is 0.400. The van der Waals surface area contributed by atoms with E-state index in [9.17, 15) is 0 Å². The molecule has 2 nitrogen and oxygen atoms in total. The number of phenols is 1. The molecule has 0 bridgehead atoms. The highest BCUT2D eigenvalue weighted by atomic mass is 16.3. The maximum atomic E-state index is 8.99. The van der Waals surface area contributed by atoms with Crippen LogP contribution in [-0.4, -0.2) is 11.7 Å². The first kappa shape index (κ1) is 9.07. The minimum Gasteiger partial charge on any atom is -0.508 e. The Hall–Kier alpha value is -1.02. The Morgan fingerprint density at radius 2 is 1.75 bits per heavy atom. The normalized spacial score (nSPS) is 10.1. The van der Waals surface area contributed by atoms with E-state index >= 15 is 0 Å². The van der Waals surface area contributed by atoms with E-state index in [1.165, 1.54) is 5.56 Å². The molecule has 0 aliphatic carbocycles. The van der Waals surface area contributed by atoms with Gasteiger partial charge in [-0.1, -0.05) is 12.1 Å². The average Bonchev–Trinajstić information content (AvgIpc) is 2.09. The Bertz CT molecular complexity index is 218. The summed E-state index contributed by atoms with van der Waals surface area (Å²) in [5.41, 5.74) is 9.76. The predicted octanol–water partition coefficient (Wildman–Crippen LogP) is 1.78. The molecule has 64 valence electrons. The second kappa shape index (κ2) is 4.78. The molecule has 0 fully saturated rings. The lowest BCUT2D eigenvalue weighted by atomic mass is 10.1. The first-order valence-corrected chi connectivity index (χ1v) is 4.21. The molecule has 0 amide bonds. The zero-order valence-electron chi connectivity index (χ0n) is 7.03. The molecule has 0 aromatic heterocycles. The molecule has 0 spiro atoms. The van der Waals surface area contributed by atoms with E-state index in [1.54, 1.807) is 12.1 Å². The maximum absolute atomic E-state index is 8.99. The molecule has 2 heteroatoms. The van der Waals surface area contributed by atoms with Crippen molar-refractivity contribution in [3.63, 3.8) is 0 Å². The average molecular weight is 163 g/mol. The zero-order valence-corrected chi connectivity index (χ0v) is 7.03. The largest absolute Gasteiger partial charge is 0.508 e. The van der Waals surface area contributed by atoms with Crippen LogP contribution in [0.15, 0.2) is 24.3 Å². The van der Waals surface area contributed by atoms with Gasteiger partial charge in [0.15, 0.2) is 0 Å². The van der Waals surface area contributed by atoms with Crippen LogP contribution in [0.1, 0.15) is 18.4 Å². The predicted molar refractivity (Wildman–Crippen MR) is 48.0 cm³/mol. The van der Waals surface area contributed by atoms with Gasteiger partial charge in [0.05, 0.1) is 0 Å². The molecular weight excluding hydrogens is 150 g/mol. The molecule has 1 rings (SSSR count). The summed E-state index contributed by atoms with van der Waals surface area (Å²) in [6, 6.07) is 7.20. The van der Waals surface area contributed by atoms with Gasteiger partial charge in [-0.05, 0) is 37.0 Å². The van der Waals surface area contributed by atoms with Crippen LogP contribution in [0.3, 0.4) is 0 Å². The minimum atomic E-state index is 0.262. The molecule has 0 heterocycles. The molecule has 0 atom stereocenters. The van der Waals surface area contributed by atoms with Crippen molar-refractivity contribution in [3.8, 4) is 5.75 Å². The fourth-order valence-electron chi connectivity index (χ4n) is 1.10. The third-order valence-electron chi connectivity index (χ3n) is 1.81. The Balaban J connectivity index is 2.37. The highest BCUT2D eigenvalue weighted by Crippen LogP contribution is 2.11. The van der Waals surface area contributed by atoms with Crippen molar-refractivity contribution in [3.05, 3.63) is 29.8 Å². The van der Waals surface area contributed by atoms with Gasteiger partial charge in [-0.15, -0.1) is 5.73 Å². The topological polar surface area (TPSA) is 42.5 Å². The second-order valence-corrected chi connectivity index (χ2v) is 2.85. The lowest BCUT2D eigenvalue weighted by Crippen LogP contribution is -1.89. The van der Waals surface area contributed by atoms with E-state index in [0.29, 0.717) is 5.75 Å². The first-order chi connectivity index (χ1) is 5.83. The van der Waals surface area contributed by atoms with Crippen molar-refractivity contribution in [1.82, 2.24) is 5.73 Å². The summed E-state index contributed by atoms with van der Waals surface area (Å²) < 4.78 is 0. The third kappa shape index (κ3) is 2.93. The number of hydrogen-bond acceptors (Lipinski definition) is 1. The van der Waals surface area contributed by atoms with Crippen LogP contribution in [0.5, 0.6) is 5.75 Å². The summed E-state index contributed by atoms with van der Waals surface area (Å²) >= 11 is 0. The number of hydrogen-bond donors (Lipinski definition) is 1. The summed E-state index contributed by atoms with van der Waals surface area (Å²) in [5, 5.41) is 8.99. The van der Waals surface area contributed by atoms with Gasteiger partial charge in [0.2, 0.25) is 0 Å². The van der Waals surface area contributed by atoms with E-state index in [4.69, 9.17) is 10.8 Å². The number of aryl methyl sites for hydroxylation is 1. The molecule has 0 unspecified atom stereocenters. The smallest absolute Gasteiger partial charge is 0.115 e. The number of rotatable bonds is 4. The molecule has 0 aliphatic rings. The summed E-state index contributed by atoms with van der Waals surface area (Å²) in [6.07, 6.45) is 2.82. The molecule has 2 radical (unpaired) electrons. The van der Waals surface area contributed by atoms with Crippen LogP contribution in [0.2, 0.25) is 0 Å². The highest BCUT2D eigenvalue weighted by molar-refractivity contribution is 5.25. The molecule has 0 saturated heterocycles. The van der Waals surface area contributed by atoms with E-state index in [0.717, 1.165) is 19.3 Å². The van der Waals surface area contributed by atoms with Gasteiger partial charge in [0, 0.05) is 6.54 Å². The lowest BCUT2D eigenvalue weighted by molar-refractivity contribution is 0.475. The van der Waals surface area contributed by atoms with Gasteiger partial charge in [-0.2, -0.15) is 0 Å². The number of phenolic OH excluding ortho intramolecular Hbond substituents is 1. The maximum Gasteiger partial charge on any atom is 0.115 e. The number of aromatic hydroxyl groups is 1. The van der Waals surface area contributed by atoms with Crippen molar-refractivity contribution in [2.45, 2.75) is 19.3 Å². The van der Waals surface area contributed by atoms with Gasteiger partial charge in [-0.3, -0.25) is 0 Å². The van der Waals surface area contributed by atoms with Crippen molar-refractivity contribution >= 4 is 0 Å². The molecule has 0 saturated carbocycles. The highest BCUT2D eigenvalue weighted by Gasteiger charge is 1.92. The van der Waals surface area contributed by atoms with Crippen LogP contribution in [0, 0.1) is 0 Å². The Morgan fingerprint density at radius 1 is 1.08 bits per heavy atom. The Kier molecular flexibility index (Phi) is 3.61. The Morgan fingerprint density at radius 3 is 2.33 bits per heavy atom. The van der Waals surface area contributed by atoms with Crippen LogP contribution >= 0.6 is 0 Å². The van der Waals surface area contributed by atoms with E-state index in [-0.39, 0.29) is 6.54 Å². The molecule has 12 heavy (non-hydrogen) atoms. The van der Waals surface area contributed by atoms with E-state index < -0.39 is 0 Å². The fourth-order valence-corrected chi connectivity index (χ4v) is 1.10. The third-order valence-corrected chi connectivity index (χ3v) is 1.81. The first-order valence-electron chi connectivity index (χ1n) is 4.21. The Labute approximate surface area is 73.0 Å². The van der Waals surface area contributed by atoms with E-state index in [2.05, 4.69) is 0 Å². The molecule has 1 aromatic rings. The quantitative estimate of drug-likeness (QED) is 0.675. The van der Waals surface area contributed by atoms with Gasteiger partial charge >= 0.3 is 0 Å². The van der Waals surface area contributed by atoms with Crippen molar-refractivity contribution in [2.24, 2.45) is 0 Å². The standard InChI is InChI=1S/C10H13NO/c11-8-2-1-3-9-4-6-10(12)7-5-9/h4-7,12H,1-3,8H2. The van der Waals surface area contributed by atoms with Gasteiger partial charge in [0.25, 0.3) is 0 Å². The van der Waals surface area contributed by atoms with Crippen molar-refractivity contribution in [1.29, 1.82) is 0 Å². The molecule has 0 aliphatic heterocycles. The number of benzene rings is 1. The van der Waals surface area contributed by atoms with Crippen molar-refractivity contribution in [2.75, 3.05) is 6.54 Å². The van der Waals surface area contributed by atoms with E-state index in [1.807, 2.05) is 12.1 Å². The SMILES string of the molecule is [N]CCCCc1ccc(O)cc1. The monoisotopic (exact) mass is 163 g/mol. The summed E-state index contributed by atoms with van der Waals surface area (Å²) in [4.78, 5) is 0. The second-order valence-electron chi connectivity index (χ2n) is 2.85. The lowest BCUT2D eigenvalue weighted by Gasteiger charge is -1.99. The van der Waals surface area contributed by atoms with Gasteiger partial charge in [0.1, 0.15) is 5.75 Å². The molecular formula is C10H13NO. The summed E-state index contributed by atoms with van der Waals surface area (Å²) in [5.74, 6) is 0.306. The van der Waals surface area contributed by atoms with Crippen LogP contribution in [0.4, 0.5) is 0 Å². The van der Waals surface area contributed by atoms with Crippen molar-refractivity contribution < 1.29 is 5.11 Å². The van der Waals surface area contributed by atoms with Crippen LogP contribution < -0.4 is 5.73 Å². The molecule has 1 aromatic carbocycles. The van der Waals surface area contributed by atoms with Crippen LogP contribution in [0.25, 0.3) is 0 Å². The minimum absolute atomic E-state index is 0.262. The number of unbranched alkanes of at least 4 members (excludes halogenated alkanes) is 1.